The van der Waals surface area contributed by atoms with E-state index in [1.54, 1.807) is 4.90 Å². The summed E-state index contributed by atoms with van der Waals surface area (Å²) in [6, 6.07) is 12.7. The van der Waals surface area contributed by atoms with Crippen LogP contribution in [0.25, 0.3) is 0 Å². The Kier molecular flexibility index (Phi) is 5.09. The van der Waals surface area contributed by atoms with Gasteiger partial charge in [-0.15, -0.1) is 0 Å². The number of para-hydroxylation sites is 2. The van der Waals surface area contributed by atoms with Gasteiger partial charge in [-0.05, 0) is 38.1 Å². The summed E-state index contributed by atoms with van der Waals surface area (Å²) in [6.07, 6.45) is 0. The maximum absolute atomic E-state index is 13.6. The molecule has 0 saturated carbocycles. The molecular formula is C17H18F2N2O. The second-order valence-electron chi connectivity index (χ2n) is 5.14. The monoisotopic (exact) mass is 304 g/mol. The number of carbonyl (C=O) groups is 1. The van der Waals surface area contributed by atoms with Crippen LogP contribution in [-0.4, -0.2) is 18.5 Å². The third-order valence-corrected chi connectivity index (χ3v) is 3.20. The minimum Gasteiger partial charge on any atom is -0.371 e. The number of nitrogens with zero attached hydrogens (tertiary/aromatic N) is 1. The Bertz CT molecular complexity index is 624. The molecule has 1 amide bonds. The lowest BCUT2D eigenvalue weighted by molar-refractivity contribution is -0.117. The molecule has 0 aliphatic rings. The van der Waals surface area contributed by atoms with Gasteiger partial charge in [0.05, 0.1) is 6.54 Å². The van der Waals surface area contributed by atoms with E-state index < -0.39 is 11.6 Å². The smallest absolute Gasteiger partial charge is 0.246 e. The molecule has 22 heavy (non-hydrogen) atoms. The fourth-order valence-corrected chi connectivity index (χ4v) is 2.23. The molecule has 116 valence electrons. The van der Waals surface area contributed by atoms with Crippen molar-refractivity contribution in [2.24, 2.45) is 0 Å². The average Bonchev–Trinajstić information content (AvgIpc) is 2.47. The van der Waals surface area contributed by atoms with Crippen LogP contribution in [0.1, 0.15) is 13.8 Å². The van der Waals surface area contributed by atoms with E-state index in [0.717, 1.165) is 17.8 Å². The van der Waals surface area contributed by atoms with Crippen LogP contribution < -0.4 is 10.2 Å². The van der Waals surface area contributed by atoms with E-state index in [2.05, 4.69) is 5.32 Å². The predicted octanol–water partition coefficient (Wildman–Crippen LogP) is 3.82. The maximum Gasteiger partial charge on any atom is 0.246 e. The average molecular weight is 304 g/mol. The molecule has 0 radical (unpaired) electrons. The van der Waals surface area contributed by atoms with Crippen molar-refractivity contribution in [1.29, 1.82) is 0 Å². The first-order chi connectivity index (χ1) is 10.5. The SMILES string of the molecule is CC(C)N(C(=O)CNc1c(F)cccc1F)c1ccccc1. The first kappa shape index (κ1) is 15.9. The molecule has 0 atom stereocenters. The molecule has 0 spiro atoms. The third-order valence-electron chi connectivity index (χ3n) is 3.20. The maximum atomic E-state index is 13.6. The van der Waals surface area contributed by atoms with Gasteiger partial charge in [-0.1, -0.05) is 24.3 Å². The molecule has 1 N–H and O–H groups in total. The summed E-state index contributed by atoms with van der Waals surface area (Å²) >= 11 is 0. The van der Waals surface area contributed by atoms with Gasteiger partial charge in [-0.25, -0.2) is 8.78 Å². The lowest BCUT2D eigenvalue weighted by atomic mass is 10.2. The fourth-order valence-electron chi connectivity index (χ4n) is 2.23. The van der Waals surface area contributed by atoms with Crippen LogP contribution in [0.4, 0.5) is 20.2 Å². The highest BCUT2D eigenvalue weighted by Gasteiger charge is 2.19. The molecule has 0 heterocycles. The highest BCUT2D eigenvalue weighted by molar-refractivity contribution is 5.96. The van der Waals surface area contributed by atoms with Crippen molar-refractivity contribution in [1.82, 2.24) is 0 Å². The minimum atomic E-state index is -0.719. The number of amides is 1. The number of hydrogen-bond donors (Lipinski definition) is 1. The first-order valence-electron chi connectivity index (χ1n) is 7.05. The lowest BCUT2D eigenvalue weighted by Crippen LogP contribution is -2.40. The van der Waals surface area contributed by atoms with E-state index in [1.165, 1.54) is 6.07 Å². The predicted molar refractivity (Wildman–Crippen MR) is 83.9 cm³/mol. The van der Waals surface area contributed by atoms with Gasteiger partial charge in [0.1, 0.15) is 17.3 Å². The number of carbonyl (C=O) groups excluding carboxylic acids is 1. The van der Waals surface area contributed by atoms with Crippen molar-refractivity contribution in [2.45, 2.75) is 19.9 Å². The highest BCUT2D eigenvalue weighted by Crippen LogP contribution is 2.19. The normalized spacial score (nSPS) is 10.6. The summed E-state index contributed by atoms with van der Waals surface area (Å²) < 4.78 is 27.1. The topological polar surface area (TPSA) is 32.3 Å². The van der Waals surface area contributed by atoms with Gasteiger partial charge in [0.2, 0.25) is 5.91 Å². The zero-order chi connectivity index (χ0) is 16.1. The summed E-state index contributed by atoms with van der Waals surface area (Å²) in [4.78, 5) is 14.0. The van der Waals surface area contributed by atoms with Crippen molar-refractivity contribution >= 4 is 17.3 Å². The van der Waals surface area contributed by atoms with E-state index >= 15 is 0 Å². The molecule has 2 aromatic rings. The number of nitrogens with one attached hydrogen (secondary N) is 1. The molecule has 0 saturated heterocycles. The van der Waals surface area contributed by atoms with Crippen molar-refractivity contribution in [3.63, 3.8) is 0 Å². The summed E-state index contributed by atoms with van der Waals surface area (Å²) in [6.45, 7) is 3.58. The number of hydrogen-bond acceptors (Lipinski definition) is 2. The molecule has 0 aromatic heterocycles. The van der Waals surface area contributed by atoms with E-state index in [4.69, 9.17) is 0 Å². The van der Waals surface area contributed by atoms with Gasteiger partial charge >= 0.3 is 0 Å². The Morgan fingerprint density at radius 3 is 2.18 bits per heavy atom. The molecule has 3 nitrogen and oxygen atoms in total. The van der Waals surface area contributed by atoms with E-state index in [-0.39, 0.29) is 24.2 Å². The first-order valence-corrected chi connectivity index (χ1v) is 7.05. The van der Waals surface area contributed by atoms with Gasteiger partial charge in [-0.3, -0.25) is 4.79 Å². The highest BCUT2D eigenvalue weighted by atomic mass is 19.1. The molecule has 0 aliphatic heterocycles. The van der Waals surface area contributed by atoms with E-state index in [9.17, 15) is 13.6 Å². The second-order valence-corrected chi connectivity index (χ2v) is 5.14. The molecular weight excluding hydrogens is 286 g/mol. The number of rotatable bonds is 5. The number of benzene rings is 2. The quantitative estimate of drug-likeness (QED) is 0.911. The molecule has 5 heteroatoms. The Morgan fingerprint density at radius 2 is 1.64 bits per heavy atom. The van der Waals surface area contributed by atoms with Crippen LogP contribution in [0.3, 0.4) is 0 Å². The molecule has 0 aliphatic carbocycles. The van der Waals surface area contributed by atoms with Gasteiger partial charge < -0.3 is 10.2 Å². The van der Waals surface area contributed by atoms with Crippen LogP contribution in [0.5, 0.6) is 0 Å². The summed E-state index contributed by atoms with van der Waals surface area (Å²) in [5, 5.41) is 2.54. The van der Waals surface area contributed by atoms with Crippen LogP contribution in [-0.2, 0) is 4.79 Å². The Labute approximate surface area is 128 Å². The molecule has 2 rings (SSSR count). The largest absolute Gasteiger partial charge is 0.371 e. The van der Waals surface area contributed by atoms with Gasteiger partial charge in [0, 0.05) is 11.7 Å². The van der Waals surface area contributed by atoms with Crippen LogP contribution in [0.15, 0.2) is 48.5 Å². The summed E-state index contributed by atoms with van der Waals surface area (Å²) in [7, 11) is 0. The van der Waals surface area contributed by atoms with E-state index in [1.807, 2.05) is 44.2 Å². The van der Waals surface area contributed by atoms with Crippen LogP contribution >= 0.6 is 0 Å². The lowest BCUT2D eigenvalue weighted by Gasteiger charge is -2.27. The minimum absolute atomic E-state index is 0.0674. The van der Waals surface area contributed by atoms with Crippen LogP contribution in [0, 0.1) is 11.6 Å². The summed E-state index contributed by atoms with van der Waals surface area (Å²) in [5.74, 6) is -1.70. The van der Waals surface area contributed by atoms with Gasteiger partial charge in [-0.2, -0.15) is 0 Å². The Hall–Kier alpha value is -2.43. The zero-order valence-electron chi connectivity index (χ0n) is 12.5. The number of anilines is 2. The number of halogens is 2. The van der Waals surface area contributed by atoms with Crippen molar-refractivity contribution in [3.8, 4) is 0 Å². The standard InChI is InChI=1S/C17H18F2N2O/c1-12(2)21(13-7-4-3-5-8-13)16(22)11-20-17-14(18)9-6-10-15(17)19/h3-10,12,20H,11H2,1-2H3. The summed E-state index contributed by atoms with van der Waals surface area (Å²) in [5.41, 5.74) is 0.464. The zero-order valence-corrected chi connectivity index (χ0v) is 12.5. The third kappa shape index (κ3) is 3.61. The van der Waals surface area contributed by atoms with Crippen molar-refractivity contribution in [2.75, 3.05) is 16.8 Å². The van der Waals surface area contributed by atoms with Crippen molar-refractivity contribution < 1.29 is 13.6 Å². The van der Waals surface area contributed by atoms with E-state index in [0.29, 0.717) is 0 Å². The van der Waals surface area contributed by atoms with Crippen molar-refractivity contribution in [3.05, 3.63) is 60.2 Å². The molecule has 0 unspecified atom stereocenters. The molecule has 0 fully saturated rings. The van der Waals surface area contributed by atoms with Gasteiger partial charge in [0.25, 0.3) is 0 Å². The Morgan fingerprint density at radius 1 is 1.05 bits per heavy atom. The molecule has 0 bridgehead atoms. The Balaban J connectivity index is 2.13. The second kappa shape index (κ2) is 7.02. The molecule has 2 aromatic carbocycles. The fraction of sp³-hybridized carbons (Fsp3) is 0.235. The van der Waals surface area contributed by atoms with Crippen LogP contribution in [0.2, 0.25) is 0 Å². The van der Waals surface area contributed by atoms with Gasteiger partial charge in [0.15, 0.2) is 0 Å².